The van der Waals surface area contributed by atoms with Crippen molar-refractivity contribution in [2.24, 2.45) is 11.8 Å². The third-order valence-corrected chi connectivity index (χ3v) is 3.70. The SMILES string of the molecule is CC(C)C(CCl)NCC1CCCCC1. The molecular formula is C12H24ClN. The van der Waals surface area contributed by atoms with Crippen LogP contribution >= 0.6 is 11.6 Å². The van der Waals surface area contributed by atoms with Crippen LogP contribution in [-0.4, -0.2) is 18.5 Å². The van der Waals surface area contributed by atoms with Gasteiger partial charge in [0.25, 0.3) is 0 Å². The van der Waals surface area contributed by atoms with E-state index in [2.05, 4.69) is 19.2 Å². The lowest BCUT2D eigenvalue weighted by Gasteiger charge is -2.26. The van der Waals surface area contributed by atoms with E-state index in [1.165, 1.54) is 38.6 Å². The fourth-order valence-electron chi connectivity index (χ4n) is 2.18. The summed E-state index contributed by atoms with van der Waals surface area (Å²) in [5.41, 5.74) is 0. The monoisotopic (exact) mass is 217 g/mol. The van der Waals surface area contributed by atoms with Crippen LogP contribution in [0.1, 0.15) is 46.0 Å². The Morgan fingerprint density at radius 2 is 1.86 bits per heavy atom. The zero-order valence-electron chi connectivity index (χ0n) is 9.56. The lowest BCUT2D eigenvalue weighted by atomic mass is 9.89. The highest BCUT2D eigenvalue weighted by Gasteiger charge is 2.16. The Bertz CT molecular complexity index is 141. The number of hydrogen-bond acceptors (Lipinski definition) is 1. The third kappa shape index (κ3) is 4.18. The minimum Gasteiger partial charge on any atom is -0.312 e. The highest BCUT2D eigenvalue weighted by molar-refractivity contribution is 6.18. The van der Waals surface area contributed by atoms with Gasteiger partial charge in [-0.05, 0) is 31.2 Å². The van der Waals surface area contributed by atoms with E-state index in [4.69, 9.17) is 11.6 Å². The summed E-state index contributed by atoms with van der Waals surface area (Å²) in [5.74, 6) is 2.30. The first-order valence-electron chi connectivity index (χ1n) is 6.03. The molecule has 1 aliphatic carbocycles. The molecule has 0 saturated heterocycles. The lowest BCUT2D eigenvalue weighted by molar-refractivity contribution is 0.314. The van der Waals surface area contributed by atoms with E-state index in [-0.39, 0.29) is 0 Å². The molecule has 14 heavy (non-hydrogen) atoms. The van der Waals surface area contributed by atoms with Crippen LogP contribution in [0.15, 0.2) is 0 Å². The van der Waals surface area contributed by atoms with E-state index in [0.717, 1.165) is 11.8 Å². The Morgan fingerprint density at radius 1 is 1.21 bits per heavy atom. The second-order valence-electron chi connectivity index (χ2n) is 4.92. The van der Waals surface area contributed by atoms with Crippen molar-refractivity contribution < 1.29 is 0 Å². The number of alkyl halides is 1. The van der Waals surface area contributed by atoms with Gasteiger partial charge in [-0.2, -0.15) is 0 Å². The topological polar surface area (TPSA) is 12.0 Å². The first-order chi connectivity index (χ1) is 6.74. The fourth-order valence-corrected chi connectivity index (χ4v) is 2.64. The van der Waals surface area contributed by atoms with Gasteiger partial charge in [0, 0.05) is 11.9 Å². The molecule has 1 nitrogen and oxygen atoms in total. The van der Waals surface area contributed by atoms with E-state index in [0.29, 0.717) is 12.0 Å². The number of halogens is 1. The quantitative estimate of drug-likeness (QED) is 0.696. The van der Waals surface area contributed by atoms with Crippen molar-refractivity contribution in [1.82, 2.24) is 5.32 Å². The summed E-state index contributed by atoms with van der Waals surface area (Å²) in [6.07, 6.45) is 7.14. The predicted octanol–water partition coefficient (Wildman–Crippen LogP) is 3.42. The Kier molecular flexibility index (Phi) is 5.88. The van der Waals surface area contributed by atoms with Crippen LogP contribution in [0.5, 0.6) is 0 Å². The van der Waals surface area contributed by atoms with Crippen molar-refractivity contribution in [3.05, 3.63) is 0 Å². The molecule has 0 aliphatic heterocycles. The average Bonchev–Trinajstić information content (AvgIpc) is 2.20. The van der Waals surface area contributed by atoms with Gasteiger partial charge in [-0.1, -0.05) is 33.1 Å². The average molecular weight is 218 g/mol. The van der Waals surface area contributed by atoms with Crippen LogP contribution in [0.25, 0.3) is 0 Å². The summed E-state index contributed by atoms with van der Waals surface area (Å²) < 4.78 is 0. The Morgan fingerprint density at radius 3 is 2.36 bits per heavy atom. The van der Waals surface area contributed by atoms with Crippen molar-refractivity contribution in [3.63, 3.8) is 0 Å². The van der Waals surface area contributed by atoms with Gasteiger partial charge in [0.1, 0.15) is 0 Å². The van der Waals surface area contributed by atoms with Gasteiger partial charge >= 0.3 is 0 Å². The summed E-state index contributed by atoms with van der Waals surface area (Å²) in [5, 5.41) is 3.61. The standard InChI is InChI=1S/C12H24ClN/c1-10(2)12(8-13)14-9-11-6-4-3-5-7-11/h10-12,14H,3-9H2,1-2H3. The van der Waals surface area contributed by atoms with Crippen molar-refractivity contribution in [3.8, 4) is 0 Å². The molecule has 1 aliphatic rings. The third-order valence-electron chi connectivity index (χ3n) is 3.36. The number of rotatable bonds is 5. The molecule has 0 heterocycles. The summed E-state index contributed by atoms with van der Waals surface area (Å²) in [7, 11) is 0. The molecule has 0 bridgehead atoms. The van der Waals surface area contributed by atoms with E-state index in [1.807, 2.05) is 0 Å². The summed E-state index contributed by atoms with van der Waals surface area (Å²) in [6, 6.07) is 0.499. The molecule has 84 valence electrons. The molecule has 1 unspecified atom stereocenters. The van der Waals surface area contributed by atoms with Crippen molar-refractivity contribution in [2.75, 3.05) is 12.4 Å². The van der Waals surface area contributed by atoms with Gasteiger partial charge in [0.2, 0.25) is 0 Å². The van der Waals surface area contributed by atoms with Gasteiger partial charge < -0.3 is 5.32 Å². The summed E-state index contributed by atoms with van der Waals surface area (Å²) in [6.45, 7) is 5.65. The molecule has 2 heteroatoms. The van der Waals surface area contributed by atoms with Crippen LogP contribution in [-0.2, 0) is 0 Å². The minimum absolute atomic E-state index is 0.499. The van der Waals surface area contributed by atoms with E-state index >= 15 is 0 Å². The van der Waals surface area contributed by atoms with E-state index in [9.17, 15) is 0 Å². The molecule has 0 radical (unpaired) electrons. The molecule has 0 spiro atoms. The zero-order chi connectivity index (χ0) is 10.4. The first-order valence-corrected chi connectivity index (χ1v) is 6.57. The van der Waals surface area contributed by atoms with Crippen molar-refractivity contribution in [2.45, 2.75) is 52.0 Å². The van der Waals surface area contributed by atoms with Gasteiger partial charge in [0.05, 0.1) is 0 Å². The first kappa shape index (κ1) is 12.3. The molecule has 1 atom stereocenters. The molecule has 0 amide bonds. The van der Waals surface area contributed by atoms with Crippen molar-refractivity contribution in [1.29, 1.82) is 0 Å². The highest BCUT2D eigenvalue weighted by Crippen LogP contribution is 2.23. The molecular weight excluding hydrogens is 194 g/mol. The van der Waals surface area contributed by atoms with Crippen LogP contribution in [0, 0.1) is 11.8 Å². The summed E-state index contributed by atoms with van der Waals surface area (Å²) in [4.78, 5) is 0. The lowest BCUT2D eigenvalue weighted by Crippen LogP contribution is -2.38. The van der Waals surface area contributed by atoms with E-state index < -0.39 is 0 Å². The van der Waals surface area contributed by atoms with E-state index in [1.54, 1.807) is 0 Å². The molecule has 0 aromatic heterocycles. The Labute approximate surface area is 93.6 Å². The van der Waals surface area contributed by atoms with Gasteiger partial charge in [-0.25, -0.2) is 0 Å². The number of hydrogen-bond donors (Lipinski definition) is 1. The van der Waals surface area contributed by atoms with Crippen LogP contribution in [0.3, 0.4) is 0 Å². The van der Waals surface area contributed by atoms with Gasteiger partial charge in [0.15, 0.2) is 0 Å². The van der Waals surface area contributed by atoms with Crippen LogP contribution < -0.4 is 5.32 Å². The Hall–Kier alpha value is 0.250. The van der Waals surface area contributed by atoms with Gasteiger partial charge in [-0.3, -0.25) is 0 Å². The predicted molar refractivity (Wildman–Crippen MR) is 63.9 cm³/mol. The second-order valence-corrected chi connectivity index (χ2v) is 5.23. The molecule has 0 aromatic carbocycles. The largest absolute Gasteiger partial charge is 0.312 e. The zero-order valence-corrected chi connectivity index (χ0v) is 10.3. The smallest absolute Gasteiger partial charge is 0.0379 e. The molecule has 1 saturated carbocycles. The van der Waals surface area contributed by atoms with Crippen molar-refractivity contribution >= 4 is 11.6 Å². The fraction of sp³-hybridized carbons (Fsp3) is 1.00. The van der Waals surface area contributed by atoms with Gasteiger partial charge in [-0.15, -0.1) is 11.6 Å². The maximum Gasteiger partial charge on any atom is 0.0379 e. The maximum atomic E-state index is 5.92. The summed E-state index contributed by atoms with van der Waals surface area (Å²) >= 11 is 5.92. The highest BCUT2D eigenvalue weighted by atomic mass is 35.5. The normalized spacial score (nSPS) is 21.4. The van der Waals surface area contributed by atoms with Crippen LogP contribution in [0.4, 0.5) is 0 Å². The number of nitrogens with one attached hydrogen (secondary N) is 1. The molecule has 1 rings (SSSR count). The maximum absolute atomic E-state index is 5.92. The Balaban J connectivity index is 2.16. The second kappa shape index (κ2) is 6.68. The minimum atomic E-state index is 0.499. The molecule has 1 fully saturated rings. The molecule has 0 aromatic rings. The molecule has 1 N–H and O–H groups in total. The van der Waals surface area contributed by atoms with Crippen LogP contribution in [0.2, 0.25) is 0 Å².